The van der Waals surface area contributed by atoms with Crippen LogP contribution in [0, 0.1) is 17.0 Å². The number of piperazine rings is 1. The molecule has 0 saturated carbocycles. The van der Waals surface area contributed by atoms with Gasteiger partial charge in [-0.25, -0.2) is 9.97 Å². The second-order valence-electron chi connectivity index (χ2n) is 8.09. The van der Waals surface area contributed by atoms with Crippen LogP contribution >= 0.6 is 0 Å². The Morgan fingerprint density at radius 1 is 1.03 bits per heavy atom. The first-order chi connectivity index (χ1) is 16.1. The van der Waals surface area contributed by atoms with Gasteiger partial charge in [0.2, 0.25) is 18.4 Å². The average Bonchev–Trinajstić information content (AvgIpc) is 3.29. The molecule has 3 heterocycles. The molecule has 5 rings (SSSR count). The smallest absolute Gasteiger partial charge is 0.353 e. The number of hydrogen-bond donors (Lipinski definition) is 1. The lowest BCUT2D eigenvalue weighted by molar-refractivity contribution is -0.383. The molecular weight excluding hydrogens is 424 g/mol. The van der Waals surface area contributed by atoms with Gasteiger partial charge < -0.3 is 19.7 Å². The second kappa shape index (κ2) is 8.91. The first-order valence-electron chi connectivity index (χ1n) is 10.8. The highest BCUT2D eigenvalue weighted by Crippen LogP contribution is 2.35. The first-order valence-corrected chi connectivity index (χ1v) is 10.8. The van der Waals surface area contributed by atoms with E-state index in [9.17, 15) is 10.1 Å². The molecule has 1 saturated heterocycles. The quantitative estimate of drug-likeness (QED) is 0.448. The maximum atomic E-state index is 12.0. The summed E-state index contributed by atoms with van der Waals surface area (Å²) in [7, 11) is 0. The van der Waals surface area contributed by atoms with Crippen LogP contribution in [0.15, 0.2) is 48.8 Å². The summed E-state index contributed by atoms with van der Waals surface area (Å²) < 4.78 is 10.8. The molecule has 1 fully saturated rings. The highest BCUT2D eigenvalue weighted by Gasteiger charge is 2.29. The number of nitrogens with zero attached hydrogens (tertiary/aromatic N) is 5. The van der Waals surface area contributed by atoms with Crippen molar-refractivity contribution in [3.63, 3.8) is 0 Å². The molecule has 2 aliphatic rings. The fourth-order valence-corrected chi connectivity index (χ4v) is 4.05. The number of nitrogens with one attached hydrogen (secondary N) is 1. The maximum absolute atomic E-state index is 12.0. The molecule has 0 atom stereocenters. The number of rotatable bonds is 6. The summed E-state index contributed by atoms with van der Waals surface area (Å²) >= 11 is 0. The fraction of sp³-hybridized carbons (Fsp3) is 0.304. The Balaban J connectivity index is 1.28. The monoisotopic (exact) mass is 448 g/mol. The normalized spacial score (nSPS) is 15.5. The van der Waals surface area contributed by atoms with Gasteiger partial charge in [-0.2, -0.15) is 0 Å². The first kappa shape index (κ1) is 21.0. The Labute approximate surface area is 190 Å². The molecule has 2 aliphatic heterocycles. The molecule has 0 aliphatic carbocycles. The molecule has 2 aromatic carbocycles. The molecule has 0 bridgehead atoms. The van der Waals surface area contributed by atoms with Gasteiger partial charge in [-0.15, -0.1) is 0 Å². The number of benzene rings is 2. The zero-order valence-electron chi connectivity index (χ0n) is 18.2. The lowest BCUT2D eigenvalue weighted by Gasteiger charge is -2.35. The molecule has 0 spiro atoms. The van der Waals surface area contributed by atoms with Crippen LogP contribution in [-0.2, 0) is 6.54 Å². The minimum absolute atomic E-state index is 0.109. The van der Waals surface area contributed by atoms with Crippen LogP contribution in [0.5, 0.6) is 11.5 Å². The van der Waals surface area contributed by atoms with Crippen LogP contribution in [0.3, 0.4) is 0 Å². The van der Waals surface area contributed by atoms with Gasteiger partial charge in [0.05, 0.1) is 4.92 Å². The number of aromatic nitrogens is 2. The lowest BCUT2D eigenvalue weighted by Crippen LogP contribution is -2.46. The van der Waals surface area contributed by atoms with Crippen LogP contribution in [0.1, 0.15) is 11.1 Å². The highest BCUT2D eigenvalue weighted by molar-refractivity contribution is 5.74. The van der Waals surface area contributed by atoms with Crippen molar-refractivity contribution in [2.75, 3.05) is 43.2 Å². The van der Waals surface area contributed by atoms with Crippen molar-refractivity contribution in [1.29, 1.82) is 0 Å². The van der Waals surface area contributed by atoms with E-state index in [1.54, 1.807) is 0 Å². The minimum atomic E-state index is -0.412. The van der Waals surface area contributed by atoms with Crippen LogP contribution in [0.4, 0.5) is 23.0 Å². The van der Waals surface area contributed by atoms with Gasteiger partial charge >= 0.3 is 5.69 Å². The van der Waals surface area contributed by atoms with E-state index in [4.69, 9.17) is 9.47 Å². The van der Waals surface area contributed by atoms with Crippen molar-refractivity contribution in [3.8, 4) is 11.5 Å². The number of ether oxygens (including phenoxy) is 2. The van der Waals surface area contributed by atoms with Gasteiger partial charge in [-0.3, -0.25) is 15.0 Å². The number of hydrogen-bond acceptors (Lipinski definition) is 9. The third-order valence-electron chi connectivity index (χ3n) is 5.81. The van der Waals surface area contributed by atoms with E-state index in [1.165, 1.54) is 6.33 Å². The predicted molar refractivity (Wildman–Crippen MR) is 123 cm³/mol. The molecule has 3 aromatic rings. The van der Waals surface area contributed by atoms with Gasteiger partial charge in [0.1, 0.15) is 6.33 Å². The summed E-state index contributed by atoms with van der Waals surface area (Å²) in [4.78, 5) is 24.2. The standard InChI is InChI=1S/C23H24N6O4/c1-16-2-5-18(6-3-16)26-22-21(29(30)31)23(25-14-24-22)28-10-8-27(9-11-28)13-17-4-7-19-20(12-17)33-15-32-19/h2-7,12,14H,8-11,13,15H2,1H3,(H,24,25,26). The molecule has 170 valence electrons. The van der Waals surface area contributed by atoms with E-state index < -0.39 is 4.92 Å². The molecule has 1 aromatic heterocycles. The summed E-state index contributed by atoms with van der Waals surface area (Å²) in [6, 6.07) is 13.6. The van der Waals surface area contributed by atoms with E-state index in [0.717, 1.165) is 47.9 Å². The van der Waals surface area contributed by atoms with Crippen molar-refractivity contribution in [2.24, 2.45) is 0 Å². The Kier molecular flexibility index (Phi) is 5.66. The number of fused-ring (bicyclic) bond motifs is 1. The molecule has 0 unspecified atom stereocenters. The second-order valence-corrected chi connectivity index (χ2v) is 8.09. The molecule has 10 heteroatoms. The summed E-state index contributed by atoms with van der Waals surface area (Å²) in [5.41, 5.74) is 2.88. The van der Waals surface area contributed by atoms with Gasteiger partial charge in [-0.1, -0.05) is 23.8 Å². The Hall–Kier alpha value is -3.92. The van der Waals surface area contributed by atoms with E-state index in [-0.39, 0.29) is 18.3 Å². The molecule has 33 heavy (non-hydrogen) atoms. The zero-order chi connectivity index (χ0) is 22.8. The van der Waals surface area contributed by atoms with Crippen LogP contribution in [0.2, 0.25) is 0 Å². The minimum Gasteiger partial charge on any atom is -0.454 e. The van der Waals surface area contributed by atoms with Crippen molar-refractivity contribution >= 4 is 23.0 Å². The van der Waals surface area contributed by atoms with Crippen molar-refractivity contribution in [3.05, 3.63) is 70.0 Å². The Morgan fingerprint density at radius 3 is 2.55 bits per heavy atom. The molecule has 10 nitrogen and oxygen atoms in total. The summed E-state index contributed by atoms with van der Waals surface area (Å²) in [6.07, 6.45) is 1.37. The van der Waals surface area contributed by atoms with Crippen LogP contribution < -0.4 is 19.7 Å². The average molecular weight is 448 g/mol. The van der Waals surface area contributed by atoms with E-state index >= 15 is 0 Å². The van der Waals surface area contributed by atoms with E-state index in [0.29, 0.717) is 18.9 Å². The topological polar surface area (TPSA) is 106 Å². The van der Waals surface area contributed by atoms with Gasteiger partial charge in [0, 0.05) is 38.4 Å². The predicted octanol–water partition coefficient (Wildman–Crippen LogP) is 3.49. The van der Waals surface area contributed by atoms with Crippen molar-refractivity contribution in [2.45, 2.75) is 13.5 Å². The number of anilines is 3. The SMILES string of the molecule is Cc1ccc(Nc2ncnc(N3CCN(Cc4ccc5c(c4)OCO5)CC3)c2[N+](=O)[O-])cc1. The molecule has 0 amide bonds. The Bertz CT molecular complexity index is 1160. The van der Waals surface area contributed by atoms with Gasteiger partial charge in [-0.05, 0) is 36.8 Å². The highest BCUT2D eigenvalue weighted by atomic mass is 16.7. The zero-order valence-corrected chi connectivity index (χ0v) is 18.2. The third-order valence-corrected chi connectivity index (χ3v) is 5.81. The van der Waals surface area contributed by atoms with E-state index in [2.05, 4.69) is 20.2 Å². The third kappa shape index (κ3) is 4.51. The summed E-state index contributed by atoms with van der Waals surface area (Å²) in [6.45, 7) is 5.80. The van der Waals surface area contributed by atoms with Crippen molar-refractivity contribution in [1.82, 2.24) is 14.9 Å². The largest absolute Gasteiger partial charge is 0.454 e. The molecule has 0 radical (unpaired) electrons. The number of nitro groups is 1. The molecule has 1 N–H and O–H groups in total. The van der Waals surface area contributed by atoms with Crippen LogP contribution in [-0.4, -0.2) is 52.8 Å². The Morgan fingerprint density at radius 2 is 1.79 bits per heavy atom. The summed E-state index contributed by atoms with van der Waals surface area (Å²) in [5.74, 6) is 2.08. The number of aryl methyl sites for hydroxylation is 1. The van der Waals surface area contributed by atoms with E-state index in [1.807, 2.05) is 54.3 Å². The maximum Gasteiger partial charge on any atom is 0.353 e. The lowest BCUT2D eigenvalue weighted by atomic mass is 10.1. The fourth-order valence-electron chi connectivity index (χ4n) is 4.05. The van der Waals surface area contributed by atoms with Crippen molar-refractivity contribution < 1.29 is 14.4 Å². The summed E-state index contributed by atoms with van der Waals surface area (Å²) in [5, 5.41) is 15.0. The van der Waals surface area contributed by atoms with Gasteiger partial charge in [0.25, 0.3) is 0 Å². The van der Waals surface area contributed by atoms with Crippen LogP contribution in [0.25, 0.3) is 0 Å². The molecular formula is C23H24N6O4. The van der Waals surface area contributed by atoms with Gasteiger partial charge in [0.15, 0.2) is 11.5 Å².